The fourth-order valence-corrected chi connectivity index (χ4v) is 3.81. The van der Waals surface area contributed by atoms with Crippen LogP contribution < -0.4 is 5.32 Å². The second-order valence-corrected chi connectivity index (χ2v) is 7.50. The molecule has 1 aliphatic rings. The van der Waals surface area contributed by atoms with Crippen molar-refractivity contribution in [2.75, 3.05) is 19.6 Å². The summed E-state index contributed by atoms with van der Waals surface area (Å²) >= 11 is 0. The molecule has 1 amide bonds. The fourth-order valence-electron chi connectivity index (χ4n) is 3.81. The highest BCUT2D eigenvalue weighted by atomic mass is 19.1. The quantitative estimate of drug-likeness (QED) is 0.724. The Bertz CT molecular complexity index is 959. The molecule has 0 saturated carbocycles. The minimum atomic E-state index is -0.229. The summed E-state index contributed by atoms with van der Waals surface area (Å²) in [4.78, 5) is 19.1. The third-order valence-electron chi connectivity index (χ3n) is 5.30. The molecule has 29 heavy (non-hydrogen) atoms. The standard InChI is InChI=1S/C24H24FN3O/c25-23-8-6-18(7-9-23)16-28-12-11-27-24(29)22(17-28)14-19-3-1-4-20(13-19)21-5-2-10-26-15-21/h1-10,13,15,22H,11-12,14,16-17H2,(H,27,29)/t22-/m1/s1. The van der Waals surface area contributed by atoms with Gasteiger partial charge in [0.05, 0.1) is 5.92 Å². The molecule has 2 heterocycles. The average Bonchev–Trinajstić information content (AvgIpc) is 2.92. The number of halogens is 1. The number of rotatable bonds is 5. The first kappa shape index (κ1) is 19.3. The summed E-state index contributed by atoms with van der Waals surface area (Å²) in [6, 6.07) is 18.8. The zero-order valence-electron chi connectivity index (χ0n) is 16.2. The van der Waals surface area contributed by atoms with E-state index in [0.717, 1.165) is 28.8 Å². The molecule has 4 rings (SSSR count). The molecule has 4 nitrogen and oxygen atoms in total. The van der Waals surface area contributed by atoms with Crippen molar-refractivity contribution in [3.8, 4) is 11.1 Å². The zero-order valence-corrected chi connectivity index (χ0v) is 16.2. The van der Waals surface area contributed by atoms with Crippen LogP contribution in [-0.2, 0) is 17.8 Å². The molecular formula is C24H24FN3O. The van der Waals surface area contributed by atoms with E-state index in [1.165, 1.54) is 12.1 Å². The van der Waals surface area contributed by atoms with Gasteiger partial charge in [0.25, 0.3) is 0 Å². The Morgan fingerprint density at radius 2 is 1.86 bits per heavy atom. The van der Waals surface area contributed by atoms with Crippen LogP contribution in [0.1, 0.15) is 11.1 Å². The second kappa shape index (κ2) is 8.97. The molecule has 1 aliphatic heterocycles. The number of hydrogen-bond acceptors (Lipinski definition) is 3. The number of aromatic nitrogens is 1. The maximum absolute atomic E-state index is 13.2. The van der Waals surface area contributed by atoms with Crippen molar-refractivity contribution in [1.29, 1.82) is 0 Å². The lowest BCUT2D eigenvalue weighted by Gasteiger charge is -2.23. The largest absolute Gasteiger partial charge is 0.355 e. The molecular weight excluding hydrogens is 365 g/mol. The number of carbonyl (C=O) groups excluding carboxylic acids is 1. The van der Waals surface area contributed by atoms with E-state index in [4.69, 9.17) is 0 Å². The van der Waals surface area contributed by atoms with Gasteiger partial charge in [0.15, 0.2) is 0 Å². The van der Waals surface area contributed by atoms with Crippen LogP contribution in [0.25, 0.3) is 11.1 Å². The fraction of sp³-hybridized carbons (Fsp3) is 0.250. The van der Waals surface area contributed by atoms with Crippen LogP contribution in [0.2, 0.25) is 0 Å². The molecule has 1 aromatic heterocycles. The van der Waals surface area contributed by atoms with Gasteiger partial charge in [0.2, 0.25) is 5.91 Å². The molecule has 0 radical (unpaired) electrons. The molecule has 148 valence electrons. The monoisotopic (exact) mass is 389 g/mol. The minimum Gasteiger partial charge on any atom is -0.355 e. The summed E-state index contributed by atoms with van der Waals surface area (Å²) in [5.41, 5.74) is 4.36. The maximum atomic E-state index is 13.2. The van der Waals surface area contributed by atoms with Gasteiger partial charge < -0.3 is 5.32 Å². The number of nitrogens with zero attached hydrogens (tertiary/aromatic N) is 2. The molecule has 1 atom stereocenters. The highest BCUT2D eigenvalue weighted by molar-refractivity contribution is 5.79. The summed E-state index contributed by atoms with van der Waals surface area (Å²) in [7, 11) is 0. The van der Waals surface area contributed by atoms with Gasteiger partial charge in [-0.05, 0) is 46.9 Å². The highest BCUT2D eigenvalue weighted by Gasteiger charge is 2.25. The lowest BCUT2D eigenvalue weighted by Crippen LogP contribution is -2.33. The first-order chi connectivity index (χ1) is 14.2. The van der Waals surface area contributed by atoms with Gasteiger partial charge in [-0.1, -0.05) is 42.5 Å². The molecule has 1 saturated heterocycles. The van der Waals surface area contributed by atoms with Crippen LogP contribution in [0.5, 0.6) is 0 Å². The lowest BCUT2D eigenvalue weighted by atomic mass is 9.95. The van der Waals surface area contributed by atoms with E-state index in [1.54, 1.807) is 6.20 Å². The number of hydrogen-bond donors (Lipinski definition) is 1. The van der Waals surface area contributed by atoms with Gasteiger partial charge in [-0.2, -0.15) is 0 Å². The van der Waals surface area contributed by atoms with Gasteiger partial charge >= 0.3 is 0 Å². The minimum absolute atomic E-state index is 0.0957. The van der Waals surface area contributed by atoms with Gasteiger partial charge in [-0.25, -0.2) is 4.39 Å². The molecule has 2 aromatic carbocycles. The van der Waals surface area contributed by atoms with E-state index in [-0.39, 0.29) is 17.6 Å². The van der Waals surface area contributed by atoms with E-state index in [1.807, 2.05) is 36.5 Å². The second-order valence-electron chi connectivity index (χ2n) is 7.50. The molecule has 5 heteroatoms. The number of nitrogens with one attached hydrogen (secondary N) is 1. The van der Waals surface area contributed by atoms with Crippen LogP contribution in [0.3, 0.4) is 0 Å². The van der Waals surface area contributed by atoms with E-state index in [9.17, 15) is 9.18 Å². The van der Waals surface area contributed by atoms with E-state index >= 15 is 0 Å². The topological polar surface area (TPSA) is 45.2 Å². The normalized spacial score (nSPS) is 17.6. The van der Waals surface area contributed by atoms with Crippen molar-refractivity contribution in [1.82, 2.24) is 15.2 Å². The van der Waals surface area contributed by atoms with Gasteiger partial charge in [0, 0.05) is 38.6 Å². The molecule has 0 aliphatic carbocycles. The van der Waals surface area contributed by atoms with Crippen molar-refractivity contribution in [3.63, 3.8) is 0 Å². The predicted molar refractivity (Wildman–Crippen MR) is 112 cm³/mol. The summed E-state index contributed by atoms with van der Waals surface area (Å²) in [6.45, 7) is 2.81. The summed E-state index contributed by atoms with van der Waals surface area (Å²) in [5.74, 6) is -0.256. The van der Waals surface area contributed by atoms with Crippen molar-refractivity contribution in [2.24, 2.45) is 5.92 Å². The molecule has 0 spiro atoms. The van der Waals surface area contributed by atoms with Gasteiger partial charge in [-0.15, -0.1) is 0 Å². The van der Waals surface area contributed by atoms with Crippen LogP contribution in [0.4, 0.5) is 4.39 Å². The van der Waals surface area contributed by atoms with Crippen molar-refractivity contribution >= 4 is 5.91 Å². The summed E-state index contributed by atoms with van der Waals surface area (Å²) < 4.78 is 13.2. The molecule has 0 unspecified atom stereocenters. The molecule has 3 aromatic rings. The summed E-state index contributed by atoms with van der Waals surface area (Å²) in [6.07, 6.45) is 4.29. The first-order valence-electron chi connectivity index (χ1n) is 9.91. The molecule has 1 fully saturated rings. The Kier molecular flexibility index (Phi) is 5.96. The van der Waals surface area contributed by atoms with Crippen LogP contribution in [0.15, 0.2) is 73.1 Å². The van der Waals surface area contributed by atoms with Crippen molar-refractivity contribution < 1.29 is 9.18 Å². The Labute approximate surface area is 170 Å². The van der Waals surface area contributed by atoms with Crippen LogP contribution >= 0.6 is 0 Å². The number of benzene rings is 2. The first-order valence-corrected chi connectivity index (χ1v) is 9.91. The third-order valence-corrected chi connectivity index (χ3v) is 5.30. The Balaban J connectivity index is 1.47. The van der Waals surface area contributed by atoms with E-state index in [0.29, 0.717) is 26.1 Å². The van der Waals surface area contributed by atoms with Crippen molar-refractivity contribution in [2.45, 2.75) is 13.0 Å². The number of carbonyl (C=O) groups is 1. The van der Waals surface area contributed by atoms with Gasteiger partial charge in [-0.3, -0.25) is 14.7 Å². The smallest absolute Gasteiger partial charge is 0.224 e. The molecule has 0 bridgehead atoms. The Morgan fingerprint density at radius 1 is 1.03 bits per heavy atom. The van der Waals surface area contributed by atoms with Crippen LogP contribution in [-0.4, -0.2) is 35.4 Å². The predicted octanol–water partition coefficient (Wildman–Crippen LogP) is 3.68. The highest BCUT2D eigenvalue weighted by Crippen LogP contribution is 2.22. The SMILES string of the molecule is O=C1NCCN(Cc2ccc(F)cc2)C[C@H]1Cc1cccc(-c2cccnc2)c1. The summed E-state index contributed by atoms with van der Waals surface area (Å²) in [5, 5.41) is 3.04. The lowest BCUT2D eigenvalue weighted by molar-refractivity contribution is -0.124. The zero-order chi connectivity index (χ0) is 20.1. The average molecular weight is 389 g/mol. The van der Waals surface area contributed by atoms with E-state index < -0.39 is 0 Å². The van der Waals surface area contributed by atoms with Crippen LogP contribution in [0, 0.1) is 11.7 Å². The van der Waals surface area contributed by atoms with Gasteiger partial charge in [0.1, 0.15) is 5.82 Å². The Hall–Kier alpha value is -3.05. The Morgan fingerprint density at radius 3 is 2.66 bits per heavy atom. The number of amides is 1. The van der Waals surface area contributed by atoms with E-state index in [2.05, 4.69) is 33.4 Å². The molecule has 1 N–H and O–H groups in total. The van der Waals surface area contributed by atoms with Crippen molar-refractivity contribution in [3.05, 3.63) is 90.0 Å². The maximum Gasteiger partial charge on any atom is 0.224 e. The number of pyridine rings is 1. The third kappa shape index (κ3) is 5.06.